The number of hydrogen-bond donors (Lipinski definition) is 3. The lowest BCUT2D eigenvalue weighted by Crippen LogP contribution is -2.56. The molecule has 20 heavy (non-hydrogen) atoms. The maximum atomic E-state index is 11.9. The van der Waals surface area contributed by atoms with Crippen LogP contribution in [-0.2, 0) is 9.59 Å². The number of carboxylic acids is 1. The van der Waals surface area contributed by atoms with Gasteiger partial charge in [-0.05, 0) is 12.8 Å². The Labute approximate surface area is 114 Å². The van der Waals surface area contributed by atoms with Crippen molar-refractivity contribution in [3.05, 3.63) is 0 Å². The van der Waals surface area contributed by atoms with Crippen LogP contribution in [0.4, 0.5) is 13.2 Å². The van der Waals surface area contributed by atoms with Crippen LogP contribution in [0.5, 0.6) is 0 Å². The van der Waals surface area contributed by atoms with Gasteiger partial charge in [0.25, 0.3) is 0 Å². The molecule has 8 heteroatoms. The molecule has 0 aromatic rings. The zero-order valence-electron chi connectivity index (χ0n) is 11.1. The van der Waals surface area contributed by atoms with Crippen molar-refractivity contribution < 1.29 is 27.9 Å². The van der Waals surface area contributed by atoms with Crippen LogP contribution in [0.2, 0.25) is 0 Å². The number of rotatable bonds is 5. The SMILES string of the molecule is O=C(CNCC(F)(F)F)NC1(C(=O)O)CCCCCC1. The van der Waals surface area contributed by atoms with E-state index in [0.717, 1.165) is 12.8 Å². The summed E-state index contributed by atoms with van der Waals surface area (Å²) in [6, 6.07) is 0. The van der Waals surface area contributed by atoms with E-state index in [9.17, 15) is 27.9 Å². The minimum Gasteiger partial charge on any atom is -0.480 e. The maximum absolute atomic E-state index is 11.9. The minimum absolute atomic E-state index is 0.313. The van der Waals surface area contributed by atoms with E-state index in [2.05, 4.69) is 5.32 Å². The van der Waals surface area contributed by atoms with Gasteiger partial charge in [0.15, 0.2) is 0 Å². The van der Waals surface area contributed by atoms with E-state index >= 15 is 0 Å². The summed E-state index contributed by atoms with van der Waals surface area (Å²) in [6.45, 7) is -1.82. The van der Waals surface area contributed by atoms with Crippen LogP contribution in [-0.4, -0.2) is 41.8 Å². The van der Waals surface area contributed by atoms with Gasteiger partial charge < -0.3 is 15.7 Å². The van der Waals surface area contributed by atoms with Gasteiger partial charge in [-0.25, -0.2) is 4.79 Å². The Balaban J connectivity index is 2.53. The minimum atomic E-state index is -4.40. The fraction of sp³-hybridized carbons (Fsp3) is 0.833. The van der Waals surface area contributed by atoms with Crippen molar-refractivity contribution in [1.82, 2.24) is 10.6 Å². The number of halogens is 3. The number of hydrogen-bond acceptors (Lipinski definition) is 3. The molecule has 0 aromatic heterocycles. The Morgan fingerprint density at radius 2 is 1.65 bits per heavy atom. The molecule has 0 aromatic carbocycles. The molecular weight excluding hydrogens is 277 g/mol. The molecule has 0 saturated heterocycles. The molecule has 1 fully saturated rings. The summed E-state index contributed by atoms with van der Waals surface area (Å²) in [5.74, 6) is -1.85. The first kappa shape index (κ1) is 16.7. The first-order valence-electron chi connectivity index (χ1n) is 6.57. The Bertz CT molecular complexity index is 350. The van der Waals surface area contributed by atoms with Gasteiger partial charge >= 0.3 is 12.1 Å². The maximum Gasteiger partial charge on any atom is 0.401 e. The van der Waals surface area contributed by atoms with Gasteiger partial charge in [0.05, 0.1) is 13.1 Å². The van der Waals surface area contributed by atoms with E-state index in [1.165, 1.54) is 0 Å². The number of nitrogens with one attached hydrogen (secondary N) is 2. The van der Waals surface area contributed by atoms with Crippen molar-refractivity contribution in [2.24, 2.45) is 0 Å². The highest BCUT2D eigenvalue weighted by atomic mass is 19.4. The van der Waals surface area contributed by atoms with Crippen LogP contribution in [0.25, 0.3) is 0 Å². The van der Waals surface area contributed by atoms with Gasteiger partial charge in [-0.3, -0.25) is 4.79 Å². The van der Waals surface area contributed by atoms with Crippen molar-refractivity contribution in [3.63, 3.8) is 0 Å². The second-order valence-electron chi connectivity index (χ2n) is 5.07. The zero-order valence-corrected chi connectivity index (χ0v) is 11.1. The molecule has 0 unspecified atom stereocenters. The number of amides is 1. The van der Waals surface area contributed by atoms with E-state index in [4.69, 9.17) is 0 Å². The first-order valence-corrected chi connectivity index (χ1v) is 6.57. The van der Waals surface area contributed by atoms with E-state index in [0.29, 0.717) is 25.7 Å². The molecule has 0 bridgehead atoms. The third-order valence-electron chi connectivity index (χ3n) is 3.36. The Hall–Kier alpha value is -1.31. The summed E-state index contributed by atoms with van der Waals surface area (Å²) in [6.07, 6.45) is -0.604. The molecule has 0 radical (unpaired) electrons. The molecule has 3 N–H and O–H groups in total. The van der Waals surface area contributed by atoms with E-state index in [-0.39, 0.29) is 0 Å². The van der Waals surface area contributed by atoms with Crippen LogP contribution in [0.15, 0.2) is 0 Å². The van der Waals surface area contributed by atoms with E-state index in [1.807, 2.05) is 5.32 Å². The van der Waals surface area contributed by atoms with E-state index < -0.39 is 36.7 Å². The third kappa shape index (κ3) is 5.36. The molecule has 0 atom stereocenters. The van der Waals surface area contributed by atoms with Gasteiger partial charge in [-0.1, -0.05) is 25.7 Å². The topological polar surface area (TPSA) is 78.4 Å². The molecule has 1 saturated carbocycles. The van der Waals surface area contributed by atoms with Gasteiger partial charge in [-0.2, -0.15) is 13.2 Å². The summed E-state index contributed by atoms with van der Waals surface area (Å²) in [5.41, 5.74) is -1.34. The monoisotopic (exact) mass is 296 g/mol. The van der Waals surface area contributed by atoms with Gasteiger partial charge in [0.2, 0.25) is 5.91 Å². The average molecular weight is 296 g/mol. The first-order chi connectivity index (χ1) is 9.25. The molecular formula is C12H19F3N2O3. The lowest BCUT2D eigenvalue weighted by atomic mass is 9.90. The largest absolute Gasteiger partial charge is 0.480 e. The number of aliphatic carboxylic acids is 1. The highest BCUT2D eigenvalue weighted by molar-refractivity contribution is 5.87. The summed E-state index contributed by atoms with van der Waals surface area (Å²) in [4.78, 5) is 23.0. The third-order valence-corrected chi connectivity index (χ3v) is 3.36. The fourth-order valence-corrected chi connectivity index (χ4v) is 2.35. The number of carbonyl (C=O) groups is 2. The molecule has 0 spiro atoms. The van der Waals surface area contributed by atoms with Crippen molar-refractivity contribution in [1.29, 1.82) is 0 Å². The number of carbonyl (C=O) groups excluding carboxylic acids is 1. The Morgan fingerprint density at radius 3 is 2.10 bits per heavy atom. The van der Waals surface area contributed by atoms with Crippen LogP contribution in [0.1, 0.15) is 38.5 Å². The standard InChI is InChI=1S/C12H19F3N2O3/c13-12(14,15)8-16-7-9(18)17-11(10(19)20)5-3-1-2-4-6-11/h16H,1-8H2,(H,17,18)(H,19,20). The van der Waals surface area contributed by atoms with Crippen LogP contribution < -0.4 is 10.6 Å². The predicted octanol–water partition coefficient (Wildman–Crippen LogP) is 1.43. The second kappa shape index (κ2) is 6.92. The summed E-state index contributed by atoms with van der Waals surface area (Å²) in [5, 5.41) is 13.6. The highest BCUT2D eigenvalue weighted by Crippen LogP contribution is 2.27. The molecule has 1 amide bonds. The zero-order chi connectivity index (χ0) is 15.2. The van der Waals surface area contributed by atoms with E-state index in [1.54, 1.807) is 0 Å². The smallest absolute Gasteiger partial charge is 0.401 e. The number of alkyl halides is 3. The van der Waals surface area contributed by atoms with Crippen LogP contribution in [0, 0.1) is 0 Å². The average Bonchev–Trinajstić information content (AvgIpc) is 2.53. The highest BCUT2D eigenvalue weighted by Gasteiger charge is 2.40. The van der Waals surface area contributed by atoms with Crippen molar-refractivity contribution in [2.75, 3.05) is 13.1 Å². The molecule has 0 aliphatic heterocycles. The summed E-state index contributed by atoms with van der Waals surface area (Å²) < 4.78 is 35.8. The molecule has 116 valence electrons. The molecule has 1 aliphatic carbocycles. The molecule has 1 rings (SSSR count). The summed E-state index contributed by atoms with van der Waals surface area (Å²) in [7, 11) is 0. The van der Waals surface area contributed by atoms with Crippen molar-refractivity contribution in [3.8, 4) is 0 Å². The summed E-state index contributed by atoms with van der Waals surface area (Å²) >= 11 is 0. The van der Waals surface area contributed by atoms with Gasteiger partial charge in [0, 0.05) is 0 Å². The Morgan fingerprint density at radius 1 is 1.10 bits per heavy atom. The van der Waals surface area contributed by atoms with Gasteiger partial charge in [0.1, 0.15) is 5.54 Å². The number of carboxylic acid groups (broad SMARTS) is 1. The lowest BCUT2D eigenvalue weighted by molar-refractivity contribution is -0.148. The van der Waals surface area contributed by atoms with Crippen molar-refractivity contribution in [2.45, 2.75) is 50.2 Å². The molecule has 5 nitrogen and oxygen atoms in total. The second-order valence-corrected chi connectivity index (χ2v) is 5.07. The van der Waals surface area contributed by atoms with Gasteiger partial charge in [-0.15, -0.1) is 0 Å². The van der Waals surface area contributed by atoms with Crippen LogP contribution in [0.3, 0.4) is 0 Å². The predicted molar refractivity (Wildman–Crippen MR) is 65.1 cm³/mol. The normalized spacial score (nSPS) is 19.1. The fourth-order valence-electron chi connectivity index (χ4n) is 2.35. The van der Waals surface area contributed by atoms with Crippen LogP contribution >= 0.6 is 0 Å². The molecule has 0 heterocycles. The lowest BCUT2D eigenvalue weighted by Gasteiger charge is -2.29. The van der Waals surface area contributed by atoms with Crippen molar-refractivity contribution >= 4 is 11.9 Å². The molecule has 1 aliphatic rings. The Kier molecular flexibility index (Phi) is 5.79. The quantitative estimate of drug-likeness (QED) is 0.671.